The van der Waals surface area contributed by atoms with Gasteiger partial charge in [-0.1, -0.05) is 30.3 Å². The van der Waals surface area contributed by atoms with E-state index < -0.39 is 29.3 Å². The number of benzene rings is 2. The topological polar surface area (TPSA) is 108 Å². The lowest BCUT2D eigenvalue weighted by molar-refractivity contribution is -0.191. The van der Waals surface area contributed by atoms with Crippen molar-refractivity contribution in [1.82, 2.24) is 9.88 Å². The second-order valence-electron chi connectivity index (χ2n) is 7.42. The van der Waals surface area contributed by atoms with Crippen LogP contribution < -0.4 is 0 Å². The summed E-state index contributed by atoms with van der Waals surface area (Å²) in [6.07, 6.45) is 2.67. The molecule has 1 aliphatic rings. The van der Waals surface area contributed by atoms with Gasteiger partial charge in [-0.05, 0) is 49.1 Å². The van der Waals surface area contributed by atoms with Crippen molar-refractivity contribution in [3.63, 3.8) is 0 Å². The van der Waals surface area contributed by atoms with E-state index >= 15 is 0 Å². The van der Waals surface area contributed by atoms with Gasteiger partial charge in [-0.2, -0.15) is 9.59 Å². The lowest BCUT2D eigenvalue weighted by atomic mass is 9.95. The molecule has 0 spiro atoms. The zero-order valence-corrected chi connectivity index (χ0v) is 17.5. The van der Waals surface area contributed by atoms with Crippen molar-refractivity contribution in [2.45, 2.75) is 26.3 Å². The van der Waals surface area contributed by atoms with Crippen LogP contribution in [0.4, 0.5) is 4.39 Å². The average molecular weight is 436 g/mol. The number of aryl methyl sites for hydroxylation is 1. The Morgan fingerprint density at radius 1 is 1.22 bits per heavy atom. The van der Waals surface area contributed by atoms with Crippen LogP contribution in [0.25, 0.3) is 10.9 Å². The molecule has 7 nitrogen and oxygen atoms in total. The highest BCUT2D eigenvalue weighted by Gasteiger charge is 2.42. The van der Waals surface area contributed by atoms with Crippen molar-refractivity contribution in [2.24, 2.45) is 0 Å². The van der Waals surface area contributed by atoms with Gasteiger partial charge in [0.25, 0.3) is 5.91 Å². The molecule has 1 aromatic heterocycles. The molecule has 0 aliphatic carbocycles. The molecular formula is C24H21FN2O5. The number of aliphatic hydroxyl groups is 1. The molecular weight excluding hydrogens is 415 g/mol. The van der Waals surface area contributed by atoms with Gasteiger partial charge in [0.15, 0.2) is 11.5 Å². The molecule has 2 aromatic carbocycles. The molecule has 2 N–H and O–H groups in total. The van der Waals surface area contributed by atoms with Gasteiger partial charge in [-0.25, -0.2) is 4.39 Å². The summed E-state index contributed by atoms with van der Waals surface area (Å²) >= 11 is 0. The molecule has 1 atom stereocenters. The monoisotopic (exact) mass is 436 g/mol. The van der Waals surface area contributed by atoms with Crippen LogP contribution in [0, 0.1) is 12.7 Å². The van der Waals surface area contributed by atoms with Crippen molar-refractivity contribution in [2.75, 3.05) is 6.54 Å². The lowest BCUT2D eigenvalue weighted by Crippen LogP contribution is -2.33. The Kier molecular flexibility index (Phi) is 6.66. The lowest BCUT2D eigenvalue weighted by Gasteiger charge is -2.26. The van der Waals surface area contributed by atoms with Crippen LogP contribution in [0.5, 0.6) is 0 Å². The fraction of sp³-hybridized carbons (Fsp3) is 0.208. The number of hydrogen-bond acceptors (Lipinski definition) is 5. The van der Waals surface area contributed by atoms with Crippen LogP contribution in [0.15, 0.2) is 60.0 Å². The first kappa shape index (κ1) is 22.7. The molecule has 4 rings (SSSR count). The van der Waals surface area contributed by atoms with Crippen molar-refractivity contribution >= 4 is 28.7 Å². The van der Waals surface area contributed by atoms with Crippen molar-refractivity contribution in [3.8, 4) is 0 Å². The number of aliphatic hydroxyl groups excluding tert-OH is 1. The molecule has 32 heavy (non-hydrogen) atoms. The van der Waals surface area contributed by atoms with E-state index in [4.69, 9.17) is 9.59 Å². The second kappa shape index (κ2) is 9.41. The first-order chi connectivity index (χ1) is 15.3. The predicted molar refractivity (Wildman–Crippen MR) is 113 cm³/mol. The number of hydrogen-bond donors (Lipinski definition) is 2. The number of rotatable bonds is 5. The molecule has 0 bridgehead atoms. The summed E-state index contributed by atoms with van der Waals surface area (Å²) in [6.45, 7) is 3.23. The third-order valence-electron chi connectivity index (χ3n) is 5.49. The summed E-state index contributed by atoms with van der Waals surface area (Å²) in [4.78, 5) is 45.8. The quantitative estimate of drug-likeness (QED) is 0.636. The van der Waals surface area contributed by atoms with E-state index in [1.807, 2.05) is 30.5 Å². The number of nitrogens with one attached hydrogen (secondary N) is 1. The highest BCUT2D eigenvalue weighted by atomic mass is 19.1. The molecule has 0 saturated heterocycles. The van der Waals surface area contributed by atoms with Gasteiger partial charge in [0.1, 0.15) is 5.82 Å². The third-order valence-corrected chi connectivity index (χ3v) is 5.49. The number of Topliss-reactive ketones (excluding diaryl/α,β-unsaturated/α-hetero) is 1. The number of H-pyrrole nitrogens is 1. The summed E-state index contributed by atoms with van der Waals surface area (Å²) in [5.41, 5.74) is 2.98. The number of fused-ring (bicyclic) bond motifs is 1. The Labute approximate surface area is 183 Å². The minimum absolute atomic E-state index is 0.0113. The van der Waals surface area contributed by atoms with E-state index in [0.29, 0.717) is 17.5 Å². The Bertz CT molecular complexity index is 1250. The van der Waals surface area contributed by atoms with Crippen molar-refractivity contribution in [3.05, 3.63) is 82.5 Å². The Morgan fingerprint density at radius 3 is 2.56 bits per heavy atom. The van der Waals surface area contributed by atoms with Crippen LogP contribution in [0.3, 0.4) is 0 Å². The molecule has 0 fully saturated rings. The van der Waals surface area contributed by atoms with E-state index in [-0.39, 0.29) is 18.3 Å². The van der Waals surface area contributed by atoms with E-state index in [2.05, 4.69) is 4.98 Å². The summed E-state index contributed by atoms with van der Waals surface area (Å²) in [7, 11) is 0. The smallest absolute Gasteiger partial charge is 0.373 e. The number of aromatic amines is 1. The number of halogens is 1. The molecule has 1 unspecified atom stereocenters. The molecule has 8 heteroatoms. The van der Waals surface area contributed by atoms with Crippen molar-refractivity contribution in [1.29, 1.82) is 0 Å². The zero-order chi connectivity index (χ0) is 23.4. The molecule has 164 valence electrons. The van der Waals surface area contributed by atoms with E-state index in [1.54, 1.807) is 19.1 Å². The number of para-hydroxylation sites is 1. The van der Waals surface area contributed by atoms with E-state index in [1.165, 1.54) is 17.9 Å². The maximum absolute atomic E-state index is 14.2. The largest absolute Gasteiger partial charge is 0.503 e. The molecule has 3 aromatic rings. The number of aromatic nitrogens is 1. The average Bonchev–Trinajstić information content (AvgIpc) is 3.28. The molecule has 1 aliphatic heterocycles. The Morgan fingerprint density at radius 2 is 1.91 bits per heavy atom. The number of carbonyl (C=O) groups excluding carboxylic acids is 4. The van der Waals surface area contributed by atoms with E-state index in [9.17, 15) is 19.1 Å². The Hall–Kier alpha value is -4.03. The van der Waals surface area contributed by atoms with Crippen LogP contribution in [0.1, 0.15) is 29.7 Å². The molecule has 0 radical (unpaired) electrons. The highest BCUT2D eigenvalue weighted by Crippen LogP contribution is 2.38. The van der Waals surface area contributed by atoms with Crippen LogP contribution in [-0.4, -0.2) is 39.4 Å². The van der Waals surface area contributed by atoms with Gasteiger partial charge in [0.05, 0.1) is 11.6 Å². The van der Waals surface area contributed by atoms with Crippen LogP contribution in [0.2, 0.25) is 0 Å². The van der Waals surface area contributed by atoms with Gasteiger partial charge >= 0.3 is 6.15 Å². The number of nitrogens with zero attached hydrogens (tertiary/aromatic N) is 1. The first-order valence-corrected chi connectivity index (χ1v) is 9.85. The summed E-state index contributed by atoms with van der Waals surface area (Å²) in [5, 5.41) is 11.4. The van der Waals surface area contributed by atoms with Crippen molar-refractivity contribution < 1.29 is 28.7 Å². The predicted octanol–water partition coefficient (Wildman–Crippen LogP) is 3.56. The molecule has 0 saturated carbocycles. The normalized spacial score (nSPS) is 15.5. The fourth-order valence-electron chi connectivity index (χ4n) is 3.95. The van der Waals surface area contributed by atoms with Gasteiger partial charge in [-0.3, -0.25) is 9.59 Å². The highest BCUT2D eigenvalue weighted by molar-refractivity contribution is 6.08. The zero-order valence-electron chi connectivity index (χ0n) is 17.5. The fourth-order valence-corrected chi connectivity index (χ4v) is 3.95. The molecule has 2 heterocycles. The minimum Gasteiger partial charge on any atom is -0.503 e. The van der Waals surface area contributed by atoms with Crippen LogP contribution in [-0.2, 0) is 25.6 Å². The summed E-state index contributed by atoms with van der Waals surface area (Å²) < 4.78 is 14.2. The maximum atomic E-state index is 14.2. The van der Waals surface area contributed by atoms with Gasteiger partial charge in [0.2, 0.25) is 0 Å². The first-order valence-electron chi connectivity index (χ1n) is 9.85. The standard InChI is InChI=1S/C23H21FN2O3.CO2/c1-13-7-8-15(11-18(13)24)21-20(14(2)27)22(28)23(29)26(21)10-9-16-12-25-19-6-4-3-5-17(16)19;2-1-3/h3-8,11-12,21,25,28H,9-10H2,1-2H3;. The maximum Gasteiger partial charge on any atom is 0.373 e. The SMILES string of the molecule is CC(=O)C1=C(O)C(=O)N(CCc2c[nH]c3ccccc23)C1c1ccc(C)c(F)c1.O=C=O. The third kappa shape index (κ3) is 4.22. The van der Waals surface area contributed by atoms with Gasteiger partial charge < -0.3 is 15.0 Å². The van der Waals surface area contributed by atoms with Gasteiger partial charge in [0, 0.05) is 23.6 Å². The minimum atomic E-state index is -0.805. The molecule has 1 amide bonds. The summed E-state index contributed by atoms with van der Waals surface area (Å²) in [6, 6.07) is 11.7. The van der Waals surface area contributed by atoms with Gasteiger partial charge in [-0.15, -0.1) is 0 Å². The number of ketones is 1. The second-order valence-corrected chi connectivity index (χ2v) is 7.42. The van der Waals surface area contributed by atoms with E-state index in [0.717, 1.165) is 16.5 Å². The number of amides is 1. The number of carbonyl (C=O) groups is 2. The Balaban J connectivity index is 0.000000913. The summed E-state index contributed by atoms with van der Waals surface area (Å²) in [5.74, 6) is -1.99. The van der Waals surface area contributed by atoms with Crippen LogP contribution >= 0.6 is 0 Å².